The maximum absolute atomic E-state index is 5.80. The highest BCUT2D eigenvalue weighted by Crippen LogP contribution is 2.25. The summed E-state index contributed by atoms with van der Waals surface area (Å²) < 4.78 is 5.13. The van der Waals surface area contributed by atoms with E-state index in [4.69, 9.17) is 22.1 Å². The number of nitrogens with two attached hydrogens (primary N) is 1. The van der Waals surface area contributed by atoms with Crippen molar-refractivity contribution in [1.29, 1.82) is 0 Å². The minimum Gasteiger partial charge on any atom is -0.497 e. The van der Waals surface area contributed by atoms with E-state index in [1.165, 1.54) is 0 Å². The Morgan fingerprint density at radius 1 is 1.35 bits per heavy atom. The highest BCUT2D eigenvalue weighted by Gasteiger charge is 2.02. The number of pyridine rings is 1. The number of nitrogen functional groups attached to an aromatic ring is 1. The van der Waals surface area contributed by atoms with Crippen molar-refractivity contribution in [1.82, 2.24) is 4.98 Å². The number of aromatic nitrogens is 1. The van der Waals surface area contributed by atoms with Crippen LogP contribution in [0.1, 0.15) is 0 Å². The van der Waals surface area contributed by atoms with E-state index in [1.54, 1.807) is 19.4 Å². The zero-order valence-corrected chi connectivity index (χ0v) is 10.0. The van der Waals surface area contributed by atoms with E-state index < -0.39 is 0 Å². The molecular weight excluding hydrogens is 238 g/mol. The Hall–Kier alpha value is -1.94. The fraction of sp³-hybridized carbons (Fsp3) is 0.0833. The molecule has 5 heteroatoms. The highest BCUT2D eigenvalue weighted by molar-refractivity contribution is 6.30. The van der Waals surface area contributed by atoms with Gasteiger partial charge in [0.15, 0.2) is 5.82 Å². The lowest BCUT2D eigenvalue weighted by Crippen LogP contribution is -1.99. The van der Waals surface area contributed by atoms with Crippen LogP contribution in [0, 0.1) is 0 Å². The van der Waals surface area contributed by atoms with E-state index in [0.717, 1.165) is 11.4 Å². The number of hydrogen-bond donors (Lipinski definition) is 2. The molecule has 0 atom stereocenters. The third-order valence-electron chi connectivity index (χ3n) is 2.22. The summed E-state index contributed by atoms with van der Waals surface area (Å²) in [7, 11) is 1.62. The summed E-state index contributed by atoms with van der Waals surface area (Å²) in [5.74, 6) is 1.34. The van der Waals surface area contributed by atoms with Gasteiger partial charge in [0.25, 0.3) is 0 Å². The van der Waals surface area contributed by atoms with E-state index in [-0.39, 0.29) is 0 Å². The number of methoxy groups -OCH3 is 1. The number of hydrogen-bond acceptors (Lipinski definition) is 4. The topological polar surface area (TPSA) is 60.2 Å². The van der Waals surface area contributed by atoms with Gasteiger partial charge < -0.3 is 15.8 Å². The van der Waals surface area contributed by atoms with Crippen LogP contribution in [0.4, 0.5) is 17.2 Å². The summed E-state index contributed by atoms with van der Waals surface area (Å²) in [6.07, 6.45) is 1.54. The van der Waals surface area contributed by atoms with Crippen molar-refractivity contribution in [3.8, 4) is 5.75 Å². The van der Waals surface area contributed by atoms with Crippen molar-refractivity contribution in [2.24, 2.45) is 0 Å². The Bertz CT molecular complexity index is 531. The Balaban J connectivity index is 2.25. The molecule has 0 spiro atoms. The van der Waals surface area contributed by atoms with Crippen molar-refractivity contribution in [3.05, 3.63) is 41.6 Å². The van der Waals surface area contributed by atoms with Gasteiger partial charge in [0.2, 0.25) is 0 Å². The lowest BCUT2D eigenvalue weighted by atomic mass is 10.3. The van der Waals surface area contributed by atoms with Crippen LogP contribution in [0.25, 0.3) is 0 Å². The van der Waals surface area contributed by atoms with Gasteiger partial charge in [-0.1, -0.05) is 17.7 Å². The van der Waals surface area contributed by atoms with Gasteiger partial charge in [-0.15, -0.1) is 0 Å². The molecule has 0 saturated carbocycles. The Kier molecular flexibility index (Phi) is 3.35. The van der Waals surface area contributed by atoms with Crippen molar-refractivity contribution >= 4 is 28.8 Å². The molecule has 0 saturated heterocycles. The third-order valence-corrected chi connectivity index (χ3v) is 2.42. The maximum Gasteiger partial charge on any atom is 0.153 e. The molecule has 88 valence electrons. The number of benzene rings is 1. The van der Waals surface area contributed by atoms with Gasteiger partial charge in [0.1, 0.15) is 5.75 Å². The lowest BCUT2D eigenvalue weighted by molar-refractivity contribution is 0.415. The zero-order valence-electron chi connectivity index (χ0n) is 9.27. The summed E-state index contributed by atoms with van der Waals surface area (Å²) in [5.41, 5.74) is 7.15. The minimum absolute atomic E-state index is 0.500. The third kappa shape index (κ3) is 2.79. The maximum atomic E-state index is 5.80. The second-order valence-corrected chi connectivity index (χ2v) is 3.88. The summed E-state index contributed by atoms with van der Waals surface area (Å²) in [5, 5.41) is 3.61. The van der Waals surface area contributed by atoms with Gasteiger partial charge in [-0.2, -0.15) is 0 Å². The standard InChI is InChI=1S/C12H12ClN3O/c1-17-10-4-2-3-9(6-10)16-12-11(14)5-8(13)7-15-12/h2-7H,14H2,1H3,(H,15,16). The molecule has 0 radical (unpaired) electrons. The minimum atomic E-state index is 0.500. The van der Waals surface area contributed by atoms with Crippen LogP contribution in [0.3, 0.4) is 0 Å². The molecular formula is C12H12ClN3O. The van der Waals surface area contributed by atoms with E-state index in [0.29, 0.717) is 16.5 Å². The van der Waals surface area contributed by atoms with E-state index >= 15 is 0 Å². The van der Waals surface area contributed by atoms with Gasteiger partial charge in [-0.05, 0) is 18.2 Å². The molecule has 0 unspecified atom stereocenters. The van der Waals surface area contributed by atoms with Crippen LogP contribution in [0.2, 0.25) is 5.02 Å². The van der Waals surface area contributed by atoms with Crippen LogP contribution in [0.5, 0.6) is 5.75 Å². The molecule has 3 N–H and O–H groups in total. The first kappa shape index (κ1) is 11.5. The van der Waals surface area contributed by atoms with Crippen molar-refractivity contribution in [3.63, 3.8) is 0 Å². The van der Waals surface area contributed by atoms with E-state index in [2.05, 4.69) is 10.3 Å². The zero-order chi connectivity index (χ0) is 12.3. The van der Waals surface area contributed by atoms with Gasteiger partial charge >= 0.3 is 0 Å². The Morgan fingerprint density at radius 2 is 2.18 bits per heavy atom. The quantitative estimate of drug-likeness (QED) is 0.878. The number of halogens is 1. The summed E-state index contributed by atoms with van der Waals surface area (Å²) in [6, 6.07) is 9.15. The molecule has 17 heavy (non-hydrogen) atoms. The second-order valence-electron chi connectivity index (χ2n) is 3.45. The van der Waals surface area contributed by atoms with E-state index in [1.807, 2.05) is 24.3 Å². The number of nitrogens with one attached hydrogen (secondary N) is 1. The van der Waals surface area contributed by atoms with Gasteiger partial charge in [0, 0.05) is 18.0 Å². The molecule has 2 rings (SSSR count). The molecule has 4 nitrogen and oxygen atoms in total. The molecule has 0 aliphatic heterocycles. The normalized spacial score (nSPS) is 10.0. The van der Waals surface area contributed by atoms with Gasteiger partial charge in [-0.3, -0.25) is 0 Å². The van der Waals surface area contributed by atoms with Crippen LogP contribution in [-0.2, 0) is 0 Å². The van der Waals surface area contributed by atoms with Crippen LogP contribution < -0.4 is 15.8 Å². The Labute approximate surface area is 104 Å². The van der Waals surface area contributed by atoms with Gasteiger partial charge in [-0.25, -0.2) is 4.98 Å². The lowest BCUT2D eigenvalue weighted by Gasteiger charge is -2.09. The van der Waals surface area contributed by atoms with Crippen LogP contribution >= 0.6 is 11.6 Å². The van der Waals surface area contributed by atoms with Crippen LogP contribution in [-0.4, -0.2) is 12.1 Å². The smallest absolute Gasteiger partial charge is 0.153 e. The summed E-state index contributed by atoms with van der Waals surface area (Å²) in [6.45, 7) is 0. The first-order valence-electron chi connectivity index (χ1n) is 5.01. The molecule has 0 aliphatic rings. The Morgan fingerprint density at radius 3 is 2.88 bits per heavy atom. The SMILES string of the molecule is COc1cccc(Nc2ncc(Cl)cc2N)c1. The summed E-state index contributed by atoms with van der Waals surface area (Å²) >= 11 is 5.78. The van der Waals surface area contributed by atoms with Gasteiger partial charge in [0.05, 0.1) is 17.8 Å². The highest BCUT2D eigenvalue weighted by atomic mass is 35.5. The fourth-order valence-corrected chi connectivity index (χ4v) is 1.56. The van der Waals surface area contributed by atoms with E-state index in [9.17, 15) is 0 Å². The monoisotopic (exact) mass is 249 g/mol. The average Bonchev–Trinajstić information content (AvgIpc) is 2.33. The largest absolute Gasteiger partial charge is 0.497 e. The second kappa shape index (κ2) is 4.93. The number of nitrogens with zero attached hydrogens (tertiary/aromatic N) is 1. The molecule has 1 aromatic carbocycles. The molecule has 0 bridgehead atoms. The summed E-state index contributed by atoms with van der Waals surface area (Å²) in [4.78, 5) is 4.12. The van der Waals surface area contributed by atoms with Crippen molar-refractivity contribution in [2.75, 3.05) is 18.2 Å². The molecule has 1 heterocycles. The molecule has 2 aromatic rings. The molecule has 0 fully saturated rings. The van der Waals surface area contributed by atoms with Crippen molar-refractivity contribution < 1.29 is 4.74 Å². The molecule has 0 aliphatic carbocycles. The van der Waals surface area contributed by atoms with Crippen molar-refractivity contribution in [2.45, 2.75) is 0 Å². The van der Waals surface area contributed by atoms with Crippen LogP contribution in [0.15, 0.2) is 36.5 Å². The molecule has 1 aromatic heterocycles. The number of ether oxygens (including phenoxy) is 1. The average molecular weight is 250 g/mol. The molecule has 0 amide bonds. The first-order valence-corrected chi connectivity index (χ1v) is 5.39. The number of anilines is 3. The predicted octanol–water partition coefficient (Wildman–Crippen LogP) is 3.07. The number of rotatable bonds is 3. The predicted molar refractivity (Wildman–Crippen MR) is 69.9 cm³/mol. The first-order chi connectivity index (χ1) is 8.19. The fourth-order valence-electron chi connectivity index (χ4n) is 1.40.